The van der Waals surface area contributed by atoms with Crippen molar-refractivity contribution in [2.45, 2.75) is 6.54 Å². The van der Waals surface area contributed by atoms with Gasteiger partial charge in [-0.05, 0) is 17.2 Å². The van der Waals surface area contributed by atoms with Crippen LogP contribution < -0.4 is 10.2 Å². The maximum Gasteiger partial charge on any atom is 0.226 e. The molecule has 9 heteroatoms. The molecule has 0 aliphatic carbocycles. The van der Waals surface area contributed by atoms with Crippen molar-refractivity contribution in [2.75, 3.05) is 34.8 Å². The molecule has 0 bridgehead atoms. The first-order chi connectivity index (χ1) is 12.7. The minimum Gasteiger partial charge on any atom is -0.363 e. The molecule has 3 heterocycles. The molecule has 0 saturated carbocycles. The predicted octanol–water partition coefficient (Wildman–Crippen LogP) is 3.89. The van der Waals surface area contributed by atoms with Gasteiger partial charge in [0.2, 0.25) is 5.28 Å². The fraction of sp³-hybridized carbons (Fsp3) is 0.294. The van der Waals surface area contributed by atoms with Gasteiger partial charge in [-0.3, -0.25) is 0 Å². The second-order valence-corrected chi connectivity index (χ2v) is 7.71. The summed E-state index contributed by atoms with van der Waals surface area (Å²) in [5.74, 6) is 3.27. The van der Waals surface area contributed by atoms with Crippen molar-refractivity contribution in [3.8, 4) is 0 Å². The Morgan fingerprint density at radius 2 is 1.77 bits per heavy atom. The van der Waals surface area contributed by atoms with Crippen LogP contribution in [0.25, 0.3) is 11.2 Å². The Morgan fingerprint density at radius 3 is 2.54 bits per heavy atom. The summed E-state index contributed by atoms with van der Waals surface area (Å²) in [7, 11) is 0. The van der Waals surface area contributed by atoms with Crippen LogP contribution in [0.5, 0.6) is 0 Å². The summed E-state index contributed by atoms with van der Waals surface area (Å²) in [6.45, 7) is 2.37. The number of halogens is 2. The minimum absolute atomic E-state index is 0.163. The zero-order valence-corrected chi connectivity index (χ0v) is 16.2. The maximum absolute atomic E-state index is 6.37. The van der Waals surface area contributed by atoms with Gasteiger partial charge in [0.05, 0.1) is 0 Å². The standard InChI is InChI=1S/C17H16Cl2N6S/c18-13-15(20-10-11-4-2-1-3-5-11)22-14-12(21-13)16(24-17(19)23-14)25-6-8-26-9-7-25/h1-5H,6-10H2,(H,20,22,23,24). The topological polar surface area (TPSA) is 66.8 Å². The van der Waals surface area contributed by atoms with Crippen LogP contribution in [-0.4, -0.2) is 44.5 Å². The van der Waals surface area contributed by atoms with Gasteiger partial charge >= 0.3 is 0 Å². The molecule has 1 aliphatic rings. The fourth-order valence-electron chi connectivity index (χ4n) is 2.78. The van der Waals surface area contributed by atoms with Crippen molar-refractivity contribution >= 4 is 57.8 Å². The van der Waals surface area contributed by atoms with Gasteiger partial charge in [-0.25, -0.2) is 9.97 Å². The van der Waals surface area contributed by atoms with Gasteiger partial charge in [0.15, 0.2) is 28.0 Å². The van der Waals surface area contributed by atoms with E-state index in [4.69, 9.17) is 23.2 Å². The third-order valence-corrected chi connectivity index (χ3v) is 5.43. The highest BCUT2D eigenvalue weighted by Crippen LogP contribution is 2.29. The van der Waals surface area contributed by atoms with Crippen LogP contribution in [-0.2, 0) is 6.54 Å². The SMILES string of the molecule is Clc1nc(N2CCSCC2)c2nc(Cl)c(NCc3ccccc3)nc2n1. The van der Waals surface area contributed by atoms with E-state index < -0.39 is 0 Å². The molecule has 0 atom stereocenters. The molecule has 1 saturated heterocycles. The van der Waals surface area contributed by atoms with Crippen LogP contribution in [0, 0.1) is 0 Å². The van der Waals surface area contributed by atoms with Gasteiger partial charge in [-0.15, -0.1) is 0 Å². The number of aromatic nitrogens is 4. The van der Waals surface area contributed by atoms with Crippen molar-refractivity contribution < 1.29 is 0 Å². The molecular weight excluding hydrogens is 391 g/mol. The smallest absolute Gasteiger partial charge is 0.226 e. The van der Waals surface area contributed by atoms with E-state index in [-0.39, 0.29) is 5.28 Å². The molecule has 134 valence electrons. The van der Waals surface area contributed by atoms with E-state index in [1.165, 1.54) is 0 Å². The maximum atomic E-state index is 6.37. The third kappa shape index (κ3) is 3.79. The van der Waals surface area contributed by atoms with Crippen molar-refractivity contribution in [3.63, 3.8) is 0 Å². The summed E-state index contributed by atoms with van der Waals surface area (Å²) in [4.78, 5) is 19.8. The lowest BCUT2D eigenvalue weighted by Gasteiger charge is -2.27. The van der Waals surface area contributed by atoms with E-state index in [1.54, 1.807) is 0 Å². The molecule has 0 amide bonds. The molecule has 0 radical (unpaired) electrons. The molecule has 1 aromatic carbocycles. The van der Waals surface area contributed by atoms with Gasteiger partial charge in [-0.2, -0.15) is 21.7 Å². The molecule has 4 rings (SSSR count). The summed E-state index contributed by atoms with van der Waals surface area (Å²) in [5, 5.41) is 3.68. The number of nitrogens with zero attached hydrogens (tertiary/aromatic N) is 5. The number of anilines is 2. The Bertz CT molecular complexity index is 918. The summed E-state index contributed by atoms with van der Waals surface area (Å²) in [6.07, 6.45) is 0. The summed E-state index contributed by atoms with van der Waals surface area (Å²) < 4.78 is 0. The zero-order valence-electron chi connectivity index (χ0n) is 13.8. The number of benzene rings is 1. The van der Waals surface area contributed by atoms with Gasteiger partial charge in [-0.1, -0.05) is 41.9 Å². The van der Waals surface area contributed by atoms with Crippen molar-refractivity contribution in [1.29, 1.82) is 0 Å². The van der Waals surface area contributed by atoms with E-state index in [9.17, 15) is 0 Å². The average Bonchev–Trinajstić information content (AvgIpc) is 2.68. The van der Waals surface area contributed by atoms with Crippen LogP contribution in [0.15, 0.2) is 30.3 Å². The number of nitrogens with one attached hydrogen (secondary N) is 1. The van der Waals surface area contributed by atoms with Crippen molar-refractivity contribution in [2.24, 2.45) is 0 Å². The lowest BCUT2D eigenvalue weighted by Crippen LogP contribution is -2.33. The van der Waals surface area contributed by atoms with Crippen molar-refractivity contribution in [1.82, 2.24) is 19.9 Å². The molecule has 0 spiro atoms. The number of rotatable bonds is 4. The Kier molecular flexibility index (Phi) is 5.28. The average molecular weight is 407 g/mol. The predicted molar refractivity (Wildman–Crippen MR) is 108 cm³/mol. The first-order valence-corrected chi connectivity index (χ1v) is 10.1. The van der Waals surface area contributed by atoms with E-state index in [1.807, 2.05) is 42.1 Å². The van der Waals surface area contributed by atoms with Crippen LogP contribution in [0.2, 0.25) is 10.4 Å². The minimum atomic E-state index is 0.163. The Labute approximate surface area is 165 Å². The van der Waals surface area contributed by atoms with Crippen LogP contribution in [0.4, 0.5) is 11.6 Å². The quantitative estimate of drug-likeness (QED) is 0.658. The molecule has 1 aliphatic heterocycles. The number of fused-ring (bicyclic) bond motifs is 1. The summed E-state index contributed by atoms with van der Waals surface area (Å²) >= 11 is 14.4. The zero-order chi connectivity index (χ0) is 17.9. The van der Waals surface area contributed by atoms with E-state index in [0.29, 0.717) is 34.5 Å². The Morgan fingerprint density at radius 1 is 1.00 bits per heavy atom. The largest absolute Gasteiger partial charge is 0.363 e. The third-order valence-electron chi connectivity index (χ3n) is 4.06. The van der Waals surface area contributed by atoms with Gasteiger partial charge in [0.25, 0.3) is 0 Å². The van der Waals surface area contributed by atoms with Gasteiger partial charge in [0, 0.05) is 31.1 Å². The molecule has 26 heavy (non-hydrogen) atoms. The highest BCUT2D eigenvalue weighted by atomic mass is 35.5. The fourth-order valence-corrected chi connectivity index (χ4v) is 4.03. The first kappa shape index (κ1) is 17.6. The lowest BCUT2D eigenvalue weighted by atomic mass is 10.2. The normalized spacial score (nSPS) is 14.6. The summed E-state index contributed by atoms with van der Waals surface area (Å²) in [5.41, 5.74) is 2.15. The van der Waals surface area contributed by atoms with Gasteiger partial charge < -0.3 is 10.2 Å². The van der Waals surface area contributed by atoms with Crippen molar-refractivity contribution in [3.05, 3.63) is 46.3 Å². The highest BCUT2D eigenvalue weighted by molar-refractivity contribution is 7.99. The van der Waals surface area contributed by atoms with Gasteiger partial charge in [0.1, 0.15) is 0 Å². The molecule has 6 nitrogen and oxygen atoms in total. The molecule has 1 fully saturated rings. The first-order valence-electron chi connectivity index (χ1n) is 8.22. The second-order valence-electron chi connectivity index (χ2n) is 5.79. The molecule has 3 aromatic rings. The number of thioether (sulfide) groups is 1. The molecule has 2 aromatic heterocycles. The summed E-state index contributed by atoms with van der Waals surface area (Å²) in [6, 6.07) is 10.0. The van der Waals surface area contributed by atoms with Crippen LogP contribution in [0.1, 0.15) is 5.56 Å². The molecular formula is C17H16Cl2N6S. The van der Waals surface area contributed by atoms with Crippen LogP contribution in [0.3, 0.4) is 0 Å². The Balaban J connectivity index is 1.67. The van der Waals surface area contributed by atoms with Crippen LogP contribution >= 0.6 is 35.0 Å². The number of hydrogen-bond donors (Lipinski definition) is 1. The monoisotopic (exact) mass is 406 g/mol. The highest BCUT2D eigenvalue weighted by Gasteiger charge is 2.20. The van der Waals surface area contributed by atoms with E-state index in [0.717, 1.165) is 30.2 Å². The second kappa shape index (κ2) is 7.82. The Hall–Kier alpha value is -1.83. The molecule has 1 N–H and O–H groups in total. The molecule has 0 unspecified atom stereocenters. The van der Waals surface area contributed by atoms with E-state index >= 15 is 0 Å². The lowest BCUT2D eigenvalue weighted by molar-refractivity contribution is 0.839. The van der Waals surface area contributed by atoms with E-state index in [2.05, 4.69) is 30.2 Å². The number of hydrogen-bond acceptors (Lipinski definition) is 7.